The van der Waals surface area contributed by atoms with Gasteiger partial charge in [0.15, 0.2) is 0 Å². The van der Waals surface area contributed by atoms with Gasteiger partial charge in [-0.15, -0.1) is 0 Å². The van der Waals surface area contributed by atoms with Crippen molar-refractivity contribution in [3.8, 4) is 0 Å². The Morgan fingerprint density at radius 2 is 1.72 bits per heavy atom. The van der Waals surface area contributed by atoms with Crippen LogP contribution in [-0.2, 0) is 10.0 Å². The minimum absolute atomic E-state index is 0.239. The maximum Gasteiger partial charge on any atom is 0.262 e. The summed E-state index contributed by atoms with van der Waals surface area (Å²) in [5.41, 5.74) is 3.12. The normalized spacial score (nSPS) is 12.2. The third kappa shape index (κ3) is 5.00. The molecule has 0 aliphatic rings. The molecule has 0 saturated carbocycles. The largest absolute Gasteiger partial charge is 0.344 e. The molecular weight excluding hydrogens is 386 g/mol. The number of amides is 1. The van der Waals surface area contributed by atoms with E-state index in [2.05, 4.69) is 15.0 Å². The fraction of sp³-hybridized carbons (Fsp3) is 0.182. The van der Waals surface area contributed by atoms with E-state index < -0.39 is 10.0 Å². The Balaban J connectivity index is 1.71. The van der Waals surface area contributed by atoms with Crippen molar-refractivity contribution >= 4 is 21.6 Å². The Kier molecular flexibility index (Phi) is 5.98. The molecule has 0 saturated heterocycles. The molecule has 1 amide bonds. The molecule has 1 unspecified atom stereocenters. The van der Waals surface area contributed by atoms with Gasteiger partial charge in [-0.3, -0.25) is 14.5 Å². The summed E-state index contributed by atoms with van der Waals surface area (Å²) in [6.07, 6.45) is 1.68. The van der Waals surface area contributed by atoms with Crippen LogP contribution >= 0.6 is 0 Å². The van der Waals surface area contributed by atoms with Crippen LogP contribution in [0.25, 0.3) is 0 Å². The smallest absolute Gasteiger partial charge is 0.262 e. The molecule has 6 nitrogen and oxygen atoms in total. The minimum Gasteiger partial charge on any atom is -0.344 e. The number of aromatic nitrogens is 1. The number of anilines is 1. The van der Waals surface area contributed by atoms with E-state index in [0.717, 1.165) is 11.3 Å². The first-order chi connectivity index (χ1) is 13.8. The lowest BCUT2D eigenvalue weighted by molar-refractivity contribution is 0.0939. The molecule has 150 valence electrons. The van der Waals surface area contributed by atoms with Crippen LogP contribution in [0, 0.1) is 13.8 Å². The number of carbonyl (C=O) groups excluding carboxylic acids is 1. The molecule has 0 aliphatic heterocycles. The van der Waals surface area contributed by atoms with E-state index in [1.807, 2.05) is 38.1 Å². The highest BCUT2D eigenvalue weighted by atomic mass is 32.2. The molecule has 0 radical (unpaired) electrons. The van der Waals surface area contributed by atoms with Crippen molar-refractivity contribution in [2.75, 3.05) is 4.72 Å². The van der Waals surface area contributed by atoms with Crippen LogP contribution in [0.4, 0.5) is 5.69 Å². The van der Waals surface area contributed by atoms with Crippen LogP contribution in [0.5, 0.6) is 0 Å². The quantitative estimate of drug-likeness (QED) is 0.644. The second-order valence-corrected chi connectivity index (χ2v) is 8.55. The molecular formula is C22H23N3O3S. The summed E-state index contributed by atoms with van der Waals surface area (Å²) in [5.74, 6) is -0.257. The monoisotopic (exact) mass is 409 g/mol. The van der Waals surface area contributed by atoms with E-state index in [9.17, 15) is 13.2 Å². The highest BCUT2D eigenvalue weighted by molar-refractivity contribution is 7.92. The second-order valence-electron chi connectivity index (χ2n) is 6.90. The average molecular weight is 410 g/mol. The van der Waals surface area contributed by atoms with E-state index in [4.69, 9.17) is 0 Å². The lowest BCUT2D eigenvalue weighted by Crippen LogP contribution is -2.27. The zero-order valence-corrected chi connectivity index (χ0v) is 17.3. The highest BCUT2D eigenvalue weighted by Crippen LogP contribution is 2.21. The van der Waals surface area contributed by atoms with Crippen molar-refractivity contribution in [1.82, 2.24) is 10.3 Å². The second kappa shape index (κ2) is 8.45. The highest BCUT2D eigenvalue weighted by Gasteiger charge is 2.18. The fourth-order valence-corrected chi connectivity index (χ4v) is 4.27. The van der Waals surface area contributed by atoms with Gasteiger partial charge in [0.1, 0.15) is 0 Å². The summed E-state index contributed by atoms with van der Waals surface area (Å²) in [6.45, 7) is 5.45. The molecule has 0 aliphatic carbocycles. The van der Waals surface area contributed by atoms with Gasteiger partial charge >= 0.3 is 0 Å². The lowest BCUT2D eigenvalue weighted by atomic mass is 10.1. The molecule has 1 heterocycles. The first kappa shape index (κ1) is 20.5. The molecule has 2 aromatic carbocycles. The molecule has 3 rings (SSSR count). The third-order valence-electron chi connectivity index (χ3n) is 4.51. The number of rotatable bonds is 6. The van der Waals surface area contributed by atoms with E-state index in [1.54, 1.807) is 49.5 Å². The maximum atomic E-state index is 12.7. The van der Waals surface area contributed by atoms with Gasteiger partial charge in [-0.1, -0.05) is 18.2 Å². The van der Waals surface area contributed by atoms with Gasteiger partial charge in [-0.25, -0.2) is 8.42 Å². The molecule has 3 aromatic rings. The van der Waals surface area contributed by atoms with Crippen LogP contribution in [-0.4, -0.2) is 19.3 Å². The van der Waals surface area contributed by atoms with Crippen molar-refractivity contribution in [1.29, 1.82) is 0 Å². The zero-order valence-electron chi connectivity index (χ0n) is 16.5. The third-order valence-corrected chi connectivity index (χ3v) is 6.03. The molecule has 7 heteroatoms. The molecule has 1 atom stereocenters. The number of benzene rings is 2. The summed E-state index contributed by atoms with van der Waals surface area (Å²) in [4.78, 5) is 16.9. The Hall–Kier alpha value is -3.19. The van der Waals surface area contributed by atoms with Crippen molar-refractivity contribution in [2.45, 2.75) is 31.7 Å². The fourth-order valence-electron chi connectivity index (χ4n) is 2.88. The molecule has 1 aromatic heterocycles. The van der Waals surface area contributed by atoms with E-state index in [-0.39, 0.29) is 16.8 Å². The minimum atomic E-state index is -3.71. The Morgan fingerprint density at radius 1 is 1.00 bits per heavy atom. The Morgan fingerprint density at radius 3 is 2.38 bits per heavy atom. The van der Waals surface area contributed by atoms with E-state index in [0.29, 0.717) is 16.8 Å². The van der Waals surface area contributed by atoms with E-state index in [1.165, 1.54) is 0 Å². The first-order valence-corrected chi connectivity index (χ1v) is 10.7. The molecule has 0 fully saturated rings. The molecule has 0 bridgehead atoms. The van der Waals surface area contributed by atoms with Gasteiger partial charge in [-0.05, 0) is 74.4 Å². The molecule has 2 N–H and O–H groups in total. The van der Waals surface area contributed by atoms with Gasteiger partial charge in [0.05, 0.1) is 16.6 Å². The Labute approximate surface area is 171 Å². The van der Waals surface area contributed by atoms with E-state index >= 15 is 0 Å². The van der Waals surface area contributed by atoms with Crippen LogP contribution in [0.2, 0.25) is 0 Å². The van der Waals surface area contributed by atoms with Crippen LogP contribution in [0.15, 0.2) is 71.8 Å². The van der Waals surface area contributed by atoms with Gasteiger partial charge in [-0.2, -0.15) is 0 Å². The van der Waals surface area contributed by atoms with Crippen molar-refractivity contribution in [2.24, 2.45) is 0 Å². The number of hydrogen-bond acceptors (Lipinski definition) is 4. The summed E-state index contributed by atoms with van der Waals surface area (Å²) in [6, 6.07) is 16.9. The zero-order chi connectivity index (χ0) is 21.0. The van der Waals surface area contributed by atoms with Gasteiger partial charge < -0.3 is 5.32 Å². The summed E-state index contributed by atoms with van der Waals surface area (Å²) >= 11 is 0. The van der Waals surface area contributed by atoms with Crippen LogP contribution in [0.1, 0.15) is 40.1 Å². The van der Waals surface area contributed by atoms with Crippen molar-refractivity contribution in [3.63, 3.8) is 0 Å². The topological polar surface area (TPSA) is 88.2 Å². The predicted molar refractivity (Wildman–Crippen MR) is 113 cm³/mol. The lowest BCUT2D eigenvalue weighted by Gasteiger charge is -2.14. The Bertz CT molecular complexity index is 1110. The SMILES string of the molecule is Cc1ccc(C)c(S(=O)(=O)Nc2ccc(C(=O)NC(C)c3ccccn3)cc2)c1. The van der Waals surface area contributed by atoms with Gasteiger partial charge in [0.25, 0.3) is 15.9 Å². The number of carbonyl (C=O) groups is 1. The van der Waals surface area contributed by atoms with Gasteiger partial charge in [0.2, 0.25) is 0 Å². The summed E-state index contributed by atoms with van der Waals surface area (Å²) in [5, 5.41) is 2.88. The van der Waals surface area contributed by atoms with Crippen molar-refractivity contribution < 1.29 is 13.2 Å². The van der Waals surface area contributed by atoms with Crippen LogP contribution < -0.4 is 10.0 Å². The number of pyridine rings is 1. The van der Waals surface area contributed by atoms with Crippen LogP contribution in [0.3, 0.4) is 0 Å². The number of hydrogen-bond donors (Lipinski definition) is 2. The van der Waals surface area contributed by atoms with Crippen molar-refractivity contribution in [3.05, 3.63) is 89.2 Å². The summed E-state index contributed by atoms with van der Waals surface area (Å²) in [7, 11) is -3.71. The number of nitrogens with zero attached hydrogens (tertiary/aromatic N) is 1. The number of sulfonamides is 1. The van der Waals surface area contributed by atoms with Gasteiger partial charge in [0, 0.05) is 17.4 Å². The molecule has 29 heavy (non-hydrogen) atoms. The number of nitrogens with one attached hydrogen (secondary N) is 2. The average Bonchev–Trinajstić information content (AvgIpc) is 2.70. The predicted octanol–water partition coefficient (Wildman–Crippen LogP) is 3.99. The summed E-state index contributed by atoms with van der Waals surface area (Å²) < 4.78 is 28.0. The first-order valence-electron chi connectivity index (χ1n) is 9.18. The maximum absolute atomic E-state index is 12.7. The number of aryl methyl sites for hydroxylation is 2. The molecule has 0 spiro atoms. The standard InChI is InChI=1S/C22H23N3O3S/c1-15-7-8-16(2)21(14-15)29(27,28)25-19-11-9-18(10-12-19)22(26)24-17(3)20-6-4-5-13-23-20/h4-14,17,25H,1-3H3,(H,24,26).